The molecule has 0 saturated heterocycles. The fourth-order valence-electron chi connectivity index (χ4n) is 3.72. The summed E-state index contributed by atoms with van der Waals surface area (Å²) in [6.07, 6.45) is 0. The van der Waals surface area contributed by atoms with Crippen molar-refractivity contribution in [3.63, 3.8) is 0 Å². The molecule has 3 rings (SSSR count). The smallest absolute Gasteiger partial charge is 0.461 e. The van der Waals surface area contributed by atoms with Crippen molar-refractivity contribution in [3.05, 3.63) is 35.4 Å². The zero-order valence-electron chi connectivity index (χ0n) is 14.5. The van der Waals surface area contributed by atoms with Crippen LogP contribution in [-0.2, 0) is 9.53 Å². The van der Waals surface area contributed by atoms with Gasteiger partial charge in [0.05, 0.1) is 9.15 Å². The molecule has 0 radical (unpaired) electrons. The van der Waals surface area contributed by atoms with Gasteiger partial charge >= 0.3 is 12.9 Å². The number of allylic oxidation sites excluding steroid dienone is 2. The number of carbonyl (C=O) groups is 1. The lowest BCUT2D eigenvalue weighted by Crippen LogP contribution is -2.51. The van der Waals surface area contributed by atoms with Crippen molar-refractivity contribution in [2.24, 2.45) is 0 Å². The molecule has 0 bridgehead atoms. The summed E-state index contributed by atoms with van der Waals surface area (Å²) in [4.78, 5) is 11.4. The summed E-state index contributed by atoms with van der Waals surface area (Å²) in [5.41, 5.74) is 4.22. The van der Waals surface area contributed by atoms with Crippen LogP contribution in [0.3, 0.4) is 0 Å². The first-order chi connectivity index (χ1) is 11.5. The Balaban J connectivity index is 2.43. The molecule has 1 aromatic rings. The van der Waals surface area contributed by atoms with Crippen LogP contribution in [0.4, 0.5) is 8.63 Å². The van der Waals surface area contributed by atoms with Crippen molar-refractivity contribution in [2.45, 2.75) is 34.6 Å². The van der Waals surface area contributed by atoms with Crippen LogP contribution >= 0.6 is 45.2 Å². The maximum absolute atomic E-state index is 15.5. The Morgan fingerprint density at radius 2 is 1.84 bits per heavy atom. The van der Waals surface area contributed by atoms with Crippen LogP contribution in [0.25, 0.3) is 5.57 Å². The van der Waals surface area contributed by atoms with E-state index in [1.54, 1.807) is 13.8 Å². The molecule has 0 amide bonds. The van der Waals surface area contributed by atoms with Gasteiger partial charge in [-0.15, -0.1) is 0 Å². The number of fused-ring (bicyclic) bond motifs is 2. The average molecular weight is 572 g/mol. The molecule has 0 N–H and O–H groups in total. The number of halogens is 4. The number of hydrogen-bond acceptors (Lipinski definition) is 2. The molecule has 0 saturated carbocycles. The number of nitrogens with zero attached hydrogens (tertiary/aromatic N) is 2. The first-order valence-corrected chi connectivity index (χ1v) is 9.93. The van der Waals surface area contributed by atoms with Gasteiger partial charge in [-0.3, -0.25) is 4.79 Å². The molecule has 4 nitrogen and oxygen atoms in total. The van der Waals surface area contributed by atoms with Gasteiger partial charge in [-0.2, -0.15) is 0 Å². The molecule has 134 valence electrons. The van der Waals surface area contributed by atoms with Gasteiger partial charge in [-0.1, -0.05) is 0 Å². The van der Waals surface area contributed by atoms with Gasteiger partial charge in [-0.05, 0) is 77.2 Å². The summed E-state index contributed by atoms with van der Waals surface area (Å²) in [6, 6.07) is 0. The molecular formula is C16H17BF2I2N2O2. The summed E-state index contributed by atoms with van der Waals surface area (Å²) >= 11 is 4.21. The lowest BCUT2D eigenvalue weighted by atomic mass is 9.86. The number of hydrogen-bond donors (Lipinski definition) is 0. The predicted molar refractivity (Wildman–Crippen MR) is 111 cm³/mol. The summed E-state index contributed by atoms with van der Waals surface area (Å²) in [6.45, 7) is 4.38. The lowest BCUT2D eigenvalue weighted by molar-refractivity contribution is -0.364. The van der Waals surface area contributed by atoms with Gasteiger partial charge in [0.25, 0.3) is 0 Å². The second-order valence-electron chi connectivity index (χ2n) is 6.33. The normalized spacial score (nSPS) is 18.8. The minimum absolute atomic E-state index is 0.0256. The van der Waals surface area contributed by atoms with Crippen LogP contribution in [0.15, 0.2) is 14.8 Å². The summed E-state index contributed by atoms with van der Waals surface area (Å²) in [5.74, 6) is -0.431. The standard InChI is InChI=1S/C16H17BF2I2N2O2/c1-7-13(20)9(3)22-15(7)12(6-25-11(5)24)16-8(2)14(21)10(4)23(16)17(22,18)19/h6H2,1-5H3. The maximum atomic E-state index is 15.5. The highest BCUT2D eigenvalue weighted by atomic mass is 127. The van der Waals surface area contributed by atoms with Gasteiger partial charge in [0.2, 0.25) is 0 Å². The van der Waals surface area contributed by atoms with Crippen LogP contribution in [0.1, 0.15) is 37.7 Å². The number of rotatable bonds is 2. The molecule has 2 aliphatic rings. The first-order valence-electron chi connectivity index (χ1n) is 7.78. The second-order valence-corrected chi connectivity index (χ2v) is 8.49. The van der Waals surface area contributed by atoms with E-state index in [0.29, 0.717) is 28.4 Å². The lowest BCUT2D eigenvalue weighted by Gasteiger charge is -2.33. The molecule has 0 unspecified atom stereocenters. The van der Waals surface area contributed by atoms with E-state index in [-0.39, 0.29) is 6.61 Å². The molecule has 9 heteroatoms. The molecular weight excluding hydrogens is 555 g/mol. The monoisotopic (exact) mass is 572 g/mol. The molecule has 3 heterocycles. The number of carbonyl (C=O) groups excluding carboxylic acids is 1. The third-order valence-corrected chi connectivity index (χ3v) is 8.00. The molecule has 2 aliphatic heterocycles. The Morgan fingerprint density at radius 1 is 1.24 bits per heavy atom. The largest absolute Gasteiger partial charge is 0.737 e. The Hall–Kier alpha value is -0.715. The van der Waals surface area contributed by atoms with Gasteiger partial charge in [0, 0.05) is 28.7 Å². The Bertz CT molecular complexity index is 929. The third kappa shape index (κ3) is 2.55. The first kappa shape index (κ1) is 19.1. The fourth-order valence-corrected chi connectivity index (χ4v) is 4.75. The quantitative estimate of drug-likeness (QED) is 0.299. The highest BCUT2D eigenvalue weighted by Crippen LogP contribution is 2.45. The highest BCUT2D eigenvalue weighted by molar-refractivity contribution is 14.1. The van der Waals surface area contributed by atoms with Crippen LogP contribution in [0.5, 0.6) is 0 Å². The van der Waals surface area contributed by atoms with E-state index >= 15 is 8.63 Å². The molecule has 0 aliphatic carbocycles. The van der Waals surface area contributed by atoms with E-state index < -0.39 is 12.9 Å². The zero-order valence-corrected chi connectivity index (χ0v) is 18.8. The molecule has 1 aromatic heterocycles. The van der Waals surface area contributed by atoms with Gasteiger partial charge in [0.15, 0.2) is 5.70 Å². The molecule has 0 atom stereocenters. The van der Waals surface area contributed by atoms with Crippen LogP contribution in [0, 0.1) is 17.4 Å². The van der Waals surface area contributed by atoms with Gasteiger partial charge in [0.1, 0.15) is 12.3 Å². The SMILES string of the molecule is CC(=O)OCC1=C2C(C)=C(I)C(C)=[N+]2[B-](F)(F)n2c(C)c(I)c(C)c21. The number of ether oxygens (including phenoxy) is 1. The number of aromatic nitrogens is 1. The van der Waals surface area contributed by atoms with Crippen LogP contribution in [0.2, 0.25) is 0 Å². The zero-order chi connectivity index (χ0) is 18.8. The Kier molecular flexibility index (Phi) is 4.70. The Labute approximate surface area is 172 Å². The molecule has 0 fully saturated rings. The van der Waals surface area contributed by atoms with E-state index in [4.69, 9.17) is 4.74 Å². The summed E-state index contributed by atoms with van der Waals surface area (Å²) in [5, 5.41) is 0. The highest BCUT2D eigenvalue weighted by Gasteiger charge is 2.56. The van der Waals surface area contributed by atoms with E-state index in [0.717, 1.165) is 27.3 Å². The van der Waals surface area contributed by atoms with Crippen LogP contribution in [-0.4, -0.2) is 34.2 Å². The van der Waals surface area contributed by atoms with Crippen molar-refractivity contribution < 1.29 is 22.6 Å². The Morgan fingerprint density at radius 3 is 2.40 bits per heavy atom. The van der Waals surface area contributed by atoms with Crippen molar-refractivity contribution in [3.8, 4) is 0 Å². The van der Waals surface area contributed by atoms with E-state index in [9.17, 15) is 4.79 Å². The van der Waals surface area contributed by atoms with Crippen molar-refractivity contribution in [1.82, 2.24) is 4.48 Å². The minimum atomic E-state index is -4.01. The van der Waals surface area contributed by atoms with E-state index in [2.05, 4.69) is 45.2 Å². The predicted octanol–water partition coefficient (Wildman–Crippen LogP) is 4.42. The molecule has 0 aromatic carbocycles. The fraction of sp³-hybridized carbons (Fsp3) is 0.375. The minimum Gasteiger partial charge on any atom is -0.461 e. The average Bonchev–Trinajstić information content (AvgIpc) is 2.89. The van der Waals surface area contributed by atoms with Crippen molar-refractivity contribution >= 4 is 69.4 Å². The molecule has 25 heavy (non-hydrogen) atoms. The maximum Gasteiger partial charge on any atom is 0.737 e. The summed E-state index contributed by atoms with van der Waals surface area (Å²) in [7, 11) is 0. The van der Waals surface area contributed by atoms with Crippen LogP contribution < -0.4 is 0 Å². The van der Waals surface area contributed by atoms with Gasteiger partial charge < -0.3 is 22.3 Å². The summed E-state index contributed by atoms with van der Waals surface area (Å²) < 4.78 is 40.2. The van der Waals surface area contributed by atoms with E-state index in [1.807, 2.05) is 13.8 Å². The topological polar surface area (TPSA) is 34.2 Å². The van der Waals surface area contributed by atoms with E-state index in [1.165, 1.54) is 6.92 Å². The van der Waals surface area contributed by atoms with Gasteiger partial charge in [-0.25, -0.2) is 0 Å². The molecule has 0 spiro atoms. The van der Waals surface area contributed by atoms with Crippen molar-refractivity contribution in [1.29, 1.82) is 0 Å². The third-order valence-electron chi connectivity index (χ3n) is 4.82. The van der Waals surface area contributed by atoms with Crippen molar-refractivity contribution in [2.75, 3.05) is 6.61 Å². The number of esters is 1. The second kappa shape index (κ2) is 6.17.